The van der Waals surface area contributed by atoms with Gasteiger partial charge in [0.15, 0.2) is 0 Å². The lowest BCUT2D eigenvalue weighted by atomic mass is 10.1. The van der Waals surface area contributed by atoms with Gasteiger partial charge >= 0.3 is 0 Å². The van der Waals surface area contributed by atoms with Gasteiger partial charge in [-0.25, -0.2) is 0 Å². The molecule has 1 N–H and O–H groups in total. The van der Waals surface area contributed by atoms with Gasteiger partial charge in [-0.05, 0) is 25.2 Å². The molecular weight excluding hydrogens is 232 g/mol. The minimum Gasteiger partial charge on any atom is -0.381 e. The lowest BCUT2D eigenvalue weighted by Crippen LogP contribution is -2.41. The molecule has 5 heteroatoms. The van der Waals surface area contributed by atoms with Crippen molar-refractivity contribution in [2.45, 2.75) is 32.1 Å². The SMILES string of the molecule is O=C(CC1CCOC1)NCCN1CCCCC1=O. The highest BCUT2D eigenvalue weighted by Gasteiger charge is 2.20. The molecule has 1 atom stereocenters. The Morgan fingerprint density at radius 1 is 1.44 bits per heavy atom. The van der Waals surface area contributed by atoms with Gasteiger partial charge in [-0.15, -0.1) is 0 Å². The van der Waals surface area contributed by atoms with Crippen molar-refractivity contribution < 1.29 is 14.3 Å². The Morgan fingerprint density at radius 2 is 2.33 bits per heavy atom. The van der Waals surface area contributed by atoms with Crippen LogP contribution in [0, 0.1) is 5.92 Å². The lowest BCUT2D eigenvalue weighted by molar-refractivity contribution is -0.133. The first-order valence-corrected chi connectivity index (χ1v) is 6.88. The second-order valence-corrected chi connectivity index (χ2v) is 5.12. The van der Waals surface area contributed by atoms with Gasteiger partial charge in [-0.3, -0.25) is 9.59 Å². The number of hydrogen-bond donors (Lipinski definition) is 1. The number of hydrogen-bond acceptors (Lipinski definition) is 3. The standard InChI is InChI=1S/C13H22N2O3/c16-12(9-11-4-8-18-10-11)14-5-7-15-6-2-1-3-13(15)17/h11H,1-10H2,(H,14,16). The van der Waals surface area contributed by atoms with E-state index in [-0.39, 0.29) is 11.8 Å². The van der Waals surface area contributed by atoms with Gasteiger partial charge < -0.3 is 15.0 Å². The third-order valence-corrected chi connectivity index (χ3v) is 3.62. The zero-order valence-corrected chi connectivity index (χ0v) is 10.8. The first kappa shape index (κ1) is 13.3. The number of piperidine rings is 1. The summed E-state index contributed by atoms with van der Waals surface area (Å²) in [5.74, 6) is 0.677. The normalized spacial score (nSPS) is 24.3. The van der Waals surface area contributed by atoms with E-state index in [1.54, 1.807) is 0 Å². The van der Waals surface area contributed by atoms with E-state index in [1.807, 2.05) is 4.90 Å². The number of nitrogens with zero attached hydrogens (tertiary/aromatic N) is 1. The van der Waals surface area contributed by atoms with Gasteiger partial charge in [0.2, 0.25) is 11.8 Å². The van der Waals surface area contributed by atoms with Crippen molar-refractivity contribution in [1.29, 1.82) is 0 Å². The van der Waals surface area contributed by atoms with Crippen LogP contribution in [0.25, 0.3) is 0 Å². The predicted molar refractivity (Wildman–Crippen MR) is 67.0 cm³/mol. The fraction of sp³-hybridized carbons (Fsp3) is 0.846. The van der Waals surface area contributed by atoms with Crippen LogP contribution in [0.3, 0.4) is 0 Å². The number of carbonyl (C=O) groups excluding carboxylic acids is 2. The van der Waals surface area contributed by atoms with Crippen LogP contribution in [0.4, 0.5) is 0 Å². The minimum absolute atomic E-state index is 0.0787. The Hall–Kier alpha value is -1.10. The van der Waals surface area contributed by atoms with Gasteiger partial charge in [0, 0.05) is 45.7 Å². The number of carbonyl (C=O) groups is 2. The van der Waals surface area contributed by atoms with Crippen LogP contribution in [0.15, 0.2) is 0 Å². The van der Waals surface area contributed by atoms with Crippen molar-refractivity contribution in [1.82, 2.24) is 10.2 Å². The van der Waals surface area contributed by atoms with E-state index < -0.39 is 0 Å². The maximum Gasteiger partial charge on any atom is 0.222 e. The zero-order valence-electron chi connectivity index (χ0n) is 10.8. The minimum atomic E-state index is 0.0787. The molecule has 2 rings (SSSR count). The van der Waals surface area contributed by atoms with E-state index in [9.17, 15) is 9.59 Å². The molecule has 2 aliphatic rings. The third-order valence-electron chi connectivity index (χ3n) is 3.62. The van der Waals surface area contributed by atoms with Gasteiger partial charge in [0.05, 0.1) is 0 Å². The smallest absolute Gasteiger partial charge is 0.222 e. The fourth-order valence-electron chi connectivity index (χ4n) is 2.51. The Labute approximate surface area is 108 Å². The van der Waals surface area contributed by atoms with E-state index in [0.717, 1.165) is 32.4 Å². The number of amides is 2. The highest BCUT2D eigenvalue weighted by atomic mass is 16.5. The van der Waals surface area contributed by atoms with Crippen LogP contribution in [0.1, 0.15) is 32.1 Å². The second kappa shape index (κ2) is 6.73. The largest absolute Gasteiger partial charge is 0.381 e. The molecule has 0 aromatic carbocycles. The Morgan fingerprint density at radius 3 is 3.06 bits per heavy atom. The molecule has 0 saturated carbocycles. The van der Waals surface area contributed by atoms with Crippen LogP contribution in [0.2, 0.25) is 0 Å². The molecule has 2 fully saturated rings. The molecule has 0 aliphatic carbocycles. The predicted octanol–water partition coefficient (Wildman–Crippen LogP) is 0.542. The maximum atomic E-state index is 11.7. The van der Waals surface area contributed by atoms with Gasteiger partial charge in [0.1, 0.15) is 0 Å². The van der Waals surface area contributed by atoms with E-state index in [2.05, 4.69) is 5.32 Å². The van der Waals surface area contributed by atoms with Crippen LogP contribution in [-0.2, 0) is 14.3 Å². The summed E-state index contributed by atoms with van der Waals surface area (Å²) in [5, 5.41) is 2.89. The van der Waals surface area contributed by atoms with E-state index in [0.29, 0.717) is 38.5 Å². The molecule has 18 heavy (non-hydrogen) atoms. The number of nitrogens with one attached hydrogen (secondary N) is 1. The number of likely N-dealkylation sites (tertiary alicyclic amines) is 1. The first-order chi connectivity index (χ1) is 8.75. The quantitative estimate of drug-likeness (QED) is 0.779. The summed E-state index contributed by atoms with van der Waals surface area (Å²) in [6, 6.07) is 0. The number of ether oxygens (including phenoxy) is 1. The van der Waals surface area contributed by atoms with Crippen molar-refractivity contribution in [2.24, 2.45) is 5.92 Å². The maximum absolute atomic E-state index is 11.7. The van der Waals surface area contributed by atoms with Crippen LogP contribution in [-0.4, -0.2) is 49.6 Å². The summed E-state index contributed by atoms with van der Waals surface area (Å²) in [6.07, 6.45) is 4.28. The molecule has 1 unspecified atom stereocenters. The summed E-state index contributed by atoms with van der Waals surface area (Å²) in [6.45, 7) is 3.54. The third kappa shape index (κ3) is 3.98. The molecule has 2 heterocycles. The fourth-order valence-corrected chi connectivity index (χ4v) is 2.51. The van der Waals surface area contributed by atoms with E-state index in [1.165, 1.54) is 0 Å². The number of rotatable bonds is 5. The zero-order chi connectivity index (χ0) is 12.8. The second-order valence-electron chi connectivity index (χ2n) is 5.12. The van der Waals surface area contributed by atoms with Gasteiger partial charge in [0.25, 0.3) is 0 Å². The molecule has 2 saturated heterocycles. The summed E-state index contributed by atoms with van der Waals surface area (Å²) in [5.41, 5.74) is 0. The Bertz CT molecular complexity index is 301. The average molecular weight is 254 g/mol. The van der Waals surface area contributed by atoms with Crippen molar-refractivity contribution in [3.8, 4) is 0 Å². The Balaban J connectivity index is 1.59. The highest BCUT2D eigenvalue weighted by molar-refractivity contribution is 5.77. The summed E-state index contributed by atoms with van der Waals surface area (Å²) in [4.78, 5) is 25.0. The lowest BCUT2D eigenvalue weighted by Gasteiger charge is -2.26. The summed E-state index contributed by atoms with van der Waals surface area (Å²) < 4.78 is 5.24. The van der Waals surface area contributed by atoms with Crippen molar-refractivity contribution >= 4 is 11.8 Å². The topological polar surface area (TPSA) is 58.6 Å². The highest BCUT2D eigenvalue weighted by Crippen LogP contribution is 2.15. The molecule has 102 valence electrons. The van der Waals surface area contributed by atoms with Crippen LogP contribution < -0.4 is 5.32 Å². The molecule has 0 radical (unpaired) electrons. The monoisotopic (exact) mass is 254 g/mol. The van der Waals surface area contributed by atoms with Crippen molar-refractivity contribution in [2.75, 3.05) is 32.8 Å². The van der Waals surface area contributed by atoms with Gasteiger partial charge in [-0.1, -0.05) is 0 Å². The molecule has 0 spiro atoms. The molecular formula is C13H22N2O3. The van der Waals surface area contributed by atoms with E-state index in [4.69, 9.17) is 4.74 Å². The molecule has 0 aromatic heterocycles. The molecule has 2 aliphatic heterocycles. The molecule has 2 amide bonds. The summed E-state index contributed by atoms with van der Waals surface area (Å²) >= 11 is 0. The van der Waals surface area contributed by atoms with Crippen LogP contribution >= 0.6 is 0 Å². The van der Waals surface area contributed by atoms with Crippen molar-refractivity contribution in [3.05, 3.63) is 0 Å². The molecule has 5 nitrogen and oxygen atoms in total. The Kier molecular flexibility index (Phi) is 4.99. The van der Waals surface area contributed by atoms with Gasteiger partial charge in [-0.2, -0.15) is 0 Å². The van der Waals surface area contributed by atoms with Crippen molar-refractivity contribution in [3.63, 3.8) is 0 Å². The summed E-state index contributed by atoms with van der Waals surface area (Å²) in [7, 11) is 0. The molecule has 0 bridgehead atoms. The first-order valence-electron chi connectivity index (χ1n) is 6.88. The van der Waals surface area contributed by atoms with Crippen LogP contribution in [0.5, 0.6) is 0 Å². The molecule has 0 aromatic rings. The van der Waals surface area contributed by atoms with E-state index >= 15 is 0 Å². The average Bonchev–Trinajstić information content (AvgIpc) is 2.84.